The van der Waals surface area contributed by atoms with Crippen LogP contribution in [-0.4, -0.2) is 75.9 Å². The Morgan fingerprint density at radius 3 is 2.14 bits per heavy atom. The topological polar surface area (TPSA) is 133 Å². The van der Waals surface area contributed by atoms with Gasteiger partial charge in [-0.3, -0.25) is 9.52 Å². The van der Waals surface area contributed by atoms with Crippen molar-refractivity contribution in [2.24, 2.45) is 5.92 Å². The van der Waals surface area contributed by atoms with Crippen molar-refractivity contribution >= 4 is 31.6 Å². The molecule has 1 heterocycles. The van der Waals surface area contributed by atoms with E-state index >= 15 is 0 Å². The number of ether oxygens (including phenoxy) is 1. The Kier molecular flexibility index (Phi) is 9.85. The zero-order valence-electron chi connectivity index (χ0n) is 25.0. The Morgan fingerprint density at radius 2 is 1.56 bits per heavy atom. The van der Waals surface area contributed by atoms with Crippen LogP contribution in [0.3, 0.4) is 0 Å². The van der Waals surface area contributed by atoms with Crippen molar-refractivity contribution in [1.29, 1.82) is 0 Å². The highest BCUT2D eigenvalue weighted by molar-refractivity contribution is 7.92. The monoisotopic (exact) mass is 629 g/mol. The normalized spacial score (nSPS) is 18.7. The molecule has 0 saturated heterocycles. The molecule has 43 heavy (non-hydrogen) atoms. The number of hydrogen-bond acceptors (Lipinski definition) is 7. The molecule has 0 spiro atoms. The number of aliphatic hydroxyl groups is 1. The van der Waals surface area contributed by atoms with Crippen LogP contribution in [0.25, 0.3) is 0 Å². The van der Waals surface area contributed by atoms with E-state index < -0.39 is 32.2 Å². The van der Waals surface area contributed by atoms with Crippen LogP contribution in [-0.2, 0) is 31.3 Å². The number of anilines is 1. The summed E-state index contributed by atoms with van der Waals surface area (Å²) in [4.78, 5) is 15.3. The van der Waals surface area contributed by atoms with Gasteiger partial charge >= 0.3 is 0 Å². The summed E-state index contributed by atoms with van der Waals surface area (Å²) >= 11 is 0. The lowest BCUT2D eigenvalue weighted by Gasteiger charge is -2.33. The maximum Gasteiger partial charge on any atom is 0.261 e. The van der Waals surface area contributed by atoms with Gasteiger partial charge in [0.15, 0.2) is 0 Å². The highest BCUT2D eigenvalue weighted by Crippen LogP contribution is 2.30. The highest BCUT2D eigenvalue weighted by Gasteiger charge is 2.33. The van der Waals surface area contributed by atoms with Gasteiger partial charge in [0.05, 0.1) is 35.4 Å². The van der Waals surface area contributed by atoms with E-state index in [1.165, 1.54) is 23.5 Å². The number of nitrogens with one attached hydrogen (secondary N) is 1. The minimum Gasteiger partial charge on any atom is -0.488 e. The van der Waals surface area contributed by atoms with Crippen molar-refractivity contribution in [3.63, 3.8) is 0 Å². The number of aliphatic hydroxyl groups excluding tert-OH is 1. The fraction of sp³-hybridized carbons (Fsp3) is 0.387. The van der Waals surface area contributed by atoms with Crippen LogP contribution in [0.15, 0.2) is 76.5 Å². The highest BCUT2D eigenvalue weighted by atomic mass is 32.2. The molecule has 0 saturated carbocycles. The van der Waals surface area contributed by atoms with Crippen molar-refractivity contribution in [3.05, 3.63) is 83.4 Å². The lowest BCUT2D eigenvalue weighted by Crippen LogP contribution is -2.48. The van der Waals surface area contributed by atoms with Gasteiger partial charge in [-0.25, -0.2) is 16.8 Å². The van der Waals surface area contributed by atoms with E-state index in [1.807, 2.05) is 20.8 Å². The molecule has 10 nitrogen and oxygen atoms in total. The van der Waals surface area contributed by atoms with E-state index in [0.29, 0.717) is 11.3 Å². The number of benzene rings is 3. The van der Waals surface area contributed by atoms with Crippen LogP contribution >= 0.6 is 0 Å². The number of amides is 1. The van der Waals surface area contributed by atoms with Crippen molar-refractivity contribution < 1.29 is 31.5 Å². The number of carbonyl (C=O) groups is 1. The minimum absolute atomic E-state index is 0.00580. The molecule has 0 unspecified atom stereocenters. The van der Waals surface area contributed by atoms with Gasteiger partial charge in [-0.05, 0) is 63.2 Å². The summed E-state index contributed by atoms with van der Waals surface area (Å²) in [6, 6.07) is 17.3. The summed E-state index contributed by atoms with van der Waals surface area (Å²) in [5, 5.41) is 9.89. The van der Waals surface area contributed by atoms with E-state index in [2.05, 4.69) is 4.72 Å². The number of aryl methyl sites for hydroxylation is 2. The fourth-order valence-electron chi connectivity index (χ4n) is 4.88. The number of likely N-dealkylation sites (N-methyl/N-ethyl adjacent to an activating group) is 1. The molecule has 12 heteroatoms. The molecule has 2 N–H and O–H groups in total. The third-order valence-corrected chi connectivity index (χ3v) is 10.9. The second kappa shape index (κ2) is 13.0. The average molecular weight is 630 g/mol. The Labute approximate surface area is 254 Å². The zero-order valence-corrected chi connectivity index (χ0v) is 26.7. The van der Waals surface area contributed by atoms with E-state index in [4.69, 9.17) is 4.74 Å². The van der Waals surface area contributed by atoms with Gasteiger partial charge in [0, 0.05) is 30.8 Å². The summed E-state index contributed by atoms with van der Waals surface area (Å²) in [7, 11) is -6.24. The Bertz CT molecular complexity index is 1660. The summed E-state index contributed by atoms with van der Waals surface area (Å²) in [5.74, 6) is -0.236. The molecule has 1 aliphatic heterocycles. The zero-order chi connectivity index (χ0) is 31.5. The van der Waals surface area contributed by atoms with Gasteiger partial charge in [-0.1, -0.05) is 42.3 Å². The van der Waals surface area contributed by atoms with Gasteiger partial charge in [0.1, 0.15) is 11.9 Å². The molecule has 3 aromatic carbocycles. The molecular formula is C31H39N3O7S2. The van der Waals surface area contributed by atoms with Crippen molar-refractivity contribution in [2.75, 3.05) is 31.5 Å². The van der Waals surface area contributed by atoms with Gasteiger partial charge in [-0.2, -0.15) is 4.31 Å². The molecule has 4 rings (SSSR count). The fourth-order valence-corrected chi connectivity index (χ4v) is 7.12. The molecule has 232 valence electrons. The van der Waals surface area contributed by atoms with Crippen LogP contribution in [0.5, 0.6) is 5.75 Å². The van der Waals surface area contributed by atoms with E-state index in [1.54, 1.807) is 66.4 Å². The maximum absolute atomic E-state index is 13.5. The van der Waals surface area contributed by atoms with Crippen LogP contribution in [0.1, 0.15) is 30.5 Å². The quantitative estimate of drug-likeness (QED) is 0.370. The van der Waals surface area contributed by atoms with Crippen LogP contribution in [0.2, 0.25) is 0 Å². The SMILES string of the molecule is Cc1ccc(S(=O)(=O)Nc2ccc3c(c2)CC(=O)N([C@H](C)CO)C[C@@H](C)[C@H](CN(C)S(=O)(=O)c2ccc(C)cc2)O3)cc1. The van der Waals surface area contributed by atoms with E-state index in [9.17, 15) is 26.7 Å². The lowest BCUT2D eigenvalue weighted by atomic mass is 10.0. The standard InChI is InChI=1S/C31H39N3O7S2/c1-21-6-11-27(12-7-21)42(37,38)32-26-10-15-29-25(16-26)17-31(36)34(24(4)20-35)18-23(3)30(41-29)19-33(5)43(39,40)28-13-8-22(2)9-14-28/h6-16,23-24,30,32,35H,17-20H2,1-5H3/t23-,24-,30+/m1/s1. The Balaban J connectivity index is 1.68. The predicted octanol–water partition coefficient (Wildman–Crippen LogP) is 3.57. The summed E-state index contributed by atoms with van der Waals surface area (Å²) in [6.45, 7) is 7.32. The second-order valence-corrected chi connectivity index (χ2v) is 15.0. The first kappa shape index (κ1) is 32.5. The third kappa shape index (κ3) is 7.56. The van der Waals surface area contributed by atoms with Crippen LogP contribution in [0, 0.1) is 19.8 Å². The number of sulfonamides is 2. The summed E-state index contributed by atoms with van der Waals surface area (Å²) < 4.78 is 63.1. The molecule has 0 fully saturated rings. The van der Waals surface area contributed by atoms with Crippen molar-refractivity contribution in [2.45, 2.75) is 56.1 Å². The molecule has 1 aliphatic rings. The molecule has 3 atom stereocenters. The first-order chi connectivity index (χ1) is 20.2. The molecule has 0 radical (unpaired) electrons. The number of rotatable bonds is 9. The molecule has 0 aliphatic carbocycles. The molecule has 1 amide bonds. The smallest absolute Gasteiger partial charge is 0.261 e. The number of carbonyl (C=O) groups excluding carboxylic acids is 1. The number of hydrogen-bond donors (Lipinski definition) is 2. The summed E-state index contributed by atoms with van der Waals surface area (Å²) in [5.41, 5.74) is 2.55. The largest absolute Gasteiger partial charge is 0.488 e. The first-order valence-electron chi connectivity index (χ1n) is 14.0. The number of fused-ring (bicyclic) bond motifs is 1. The molecule has 0 aromatic heterocycles. The molecule has 3 aromatic rings. The number of nitrogens with zero attached hydrogens (tertiary/aromatic N) is 2. The third-order valence-electron chi connectivity index (χ3n) is 7.67. The van der Waals surface area contributed by atoms with Crippen LogP contribution in [0.4, 0.5) is 5.69 Å². The molecular weight excluding hydrogens is 590 g/mol. The molecule has 0 bridgehead atoms. The second-order valence-electron chi connectivity index (χ2n) is 11.2. The predicted molar refractivity (Wildman–Crippen MR) is 165 cm³/mol. The minimum atomic E-state index is -3.90. The summed E-state index contributed by atoms with van der Waals surface area (Å²) in [6.07, 6.45) is -0.769. The van der Waals surface area contributed by atoms with E-state index in [0.717, 1.165) is 11.1 Å². The van der Waals surface area contributed by atoms with Crippen molar-refractivity contribution in [3.8, 4) is 5.75 Å². The lowest BCUT2D eigenvalue weighted by molar-refractivity contribution is -0.134. The van der Waals surface area contributed by atoms with Gasteiger partial charge in [-0.15, -0.1) is 0 Å². The first-order valence-corrected chi connectivity index (χ1v) is 17.0. The maximum atomic E-state index is 13.5. The average Bonchev–Trinajstić information content (AvgIpc) is 3.00. The Morgan fingerprint density at radius 1 is 0.977 bits per heavy atom. The van der Waals surface area contributed by atoms with Crippen molar-refractivity contribution in [1.82, 2.24) is 9.21 Å². The van der Waals surface area contributed by atoms with E-state index in [-0.39, 0.29) is 53.4 Å². The van der Waals surface area contributed by atoms with Gasteiger partial charge < -0.3 is 14.7 Å². The van der Waals surface area contributed by atoms with Gasteiger partial charge in [0.2, 0.25) is 15.9 Å². The van der Waals surface area contributed by atoms with Crippen LogP contribution < -0.4 is 9.46 Å². The van der Waals surface area contributed by atoms with Gasteiger partial charge in [0.25, 0.3) is 10.0 Å². The Hall–Kier alpha value is -3.45.